The van der Waals surface area contributed by atoms with Crippen molar-refractivity contribution < 1.29 is 22.7 Å². The maximum atomic E-state index is 12.3. The van der Waals surface area contributed by atoms with Gasteiger partial charge in [-0.05, 0) is 42.0 Å². The van der Waals surface area contributed by atoms with Crippen molar-refractivity contribution in [3.8, 4) is 11.5 Å². The first-order valence-electron chi connectivity index (χ1n) is 9.53. The van der Waals surface area contributed by atoms with Crippen molar-refractivity contribution in [3.63, 3.8) is 0 Å². The lowest BCUT2D eigenvalue weighted by Crippen LogP contribution is -2.29. The molecule has 1 amide bonds. The molecule has 0 spiro atoms. The third-order valence-corrected chi connectivity index (χ3v) is 5.56. The molecule has 0 saturated heterocycles. The molecule has 0 aliphatic rings. The summed E-state index contributed by atoms with van der Waals surface area (Å²) in [6.07, 6.45) is 1.17. The van der Waals surface area contributed by atoms with Crippen molar-refractivity contribution in [2.45, 2.75) is 6.54 Å². The normalized spacial score (nSPS) is 10.9. The molecule has 0 unspecified atom stereocenters. The summed E-state index contributed by atoms with van der Waals surface area (Å²) in [6.45, 7) is 0.0409. The van der Waals surface area contributed by atoms with Gasteiger partial charge in [-0.1, -0.05) is 36.4 Å². The van der Waals surface area contributed by atoms with Crippen molar-refractivity contribution in [2.75, 3.05) is 29.6 Å². The van der Waals surface area contributed by atoms with Gasteiger partial charge in [0.1, 0.15) is 11.5 Å². The first-order chi connectivity index (χ1) is 14.8. The molecule has 0 atom stereocenters. The number of rotatable bonds is 9. The van der Waals surface area contributed by atoms with Crippen LogP contribution in [0.4, 0.5) is 11.4 Å². The maximum absolute atomic E-state index is 12.3. The predicted molar refractivity (Wildman–Crippen MR) is 121 cm³/mol. The van der Waals surface area contributed by atoms with E-state index >= 15 is 0 Å². The Bertz CT molecular complexity index is 1120. The van der Waals surface area contributed by atoms with Crippen LogP contribution in [0.15, 0.2) is 78.9 Å². The third kappa shape index (κ3) is 6.48. The van der Waals surface area contributed by atoms with Crippen molar-refractivity contribution in [1.29, 1.82) is 0 Å². The van der Waals surface area contributed by atoms with Crippen LogP contribution in [-0.2, 0) is 21.4 Å². The fraction of sp³-hybridized carbons (Fsp3) is 0.174. The fourth-order valence-corrected chi connectivity index (χ4v) is 3.79. The number of benzene rings is 3. The van der Waals surface area contributed by atoms with Gasteiger partial charge >= 0.3 is 0 Å². The van der Waals surface area contributed by atoms with E-state index in [9.17, 15) is 13.2 Å². The molecule has 0 aromatic heterocycles. The first-order valence-corrected chi connectivity index (χ1v) is 11.4. The Morgan fingerprint density at radius 2 is 1.65 bits per heavy atom. The van der Waals surface area contributed by atoms with Gasteiger partial charge in [0.2, 0.25) is 10.0 Å². The van der Waals surface area contributed by atoms with Gasteiger partial charge in [-0.15, -0.1) is 0 Å². The highest BCUT2D eigenvalue weighted by atomic mass is 32.2. The predicted octanol–water partition coefficient (Wildman–Crippen LogP) is 3.68. The zero-order valence-corrected chi connectivity index (χ0v) is 18.1. The Morgan fingerprint density at radius 1 is 0.935 bits per heavy atom. The summed E-state index contributed by atoms with van der Waals surface area (Å²) >= 11 is 0. The van der Waals surface area contributed by atoms with Crippen molar-refractivity contribution in [2.24, 2.45) is 0 Å². The molecule has 8 heteroatoms. The number of carbonyl (C=O) groups is 1. The summed E-state index contributed by atoms with van der Waals surface area (Å²) in [5, 5.41) is 2.73. The van der Waals surface area contributed by atoms with Crippen LogP contribution >= 0.6 is 0 Å². The molecule has 31 heavy (non-hydrogen) atoms. The molecular formula is C23H24N2O5S. The number of anilines is 2. The molecule has 0 heterocycles. The zero-order valence-electron chi connectivity index (χ0n) is 17.3. The zero-order chi connectivity index (χ0) is 22.3. The second-order valence-corrected chi connectivity index (χ2v) is 8.72. The van der Waals surface area contributed by atoms with Gasteiger partial charge in [-0.2, -0.15) is 0 Å². The van der Waals surface area contributed by atoms with Crippen LogP contribution in [0.2, 0.25) is 0 Å². The molecule has 3 rings (SSSR count). The van der Waals surface area contributed by atoms with E-state index < -0.39 is 10.0 Å². The minimum absolute atomic E-state index is 0.184. The van der Waals surface area contributed by atoms with Crippen molar-refractivity contribution in [3.05, 3.63) is 84.4 Å². The average molecular weight is 441 g/mol. The van der Waals surface area contributed by atoms with Crippen LogP contribution in [0.5, 0.6) is 11.5 Å². The molecule has 0 saturated carbocycles. The number of ether oxygens (including phenoxy) is 2. The third-order valence-electron chi connectivity index (χ3n) is 4.42. The number of methoxy groups -OCH3 is 1. The molecule has 7 nitrogen and oxygen atoms in total. The van der Waals surface area contributed by atoms with E-state index in [2.05, 4.69) is 5.32 Å². The molecule has 0 aliphatic carbocycles. The van der Waals surface area contributed by atoms with Crippen molar-refractivity contribution >= 4 is 27.3 Å². The minimum atomic E-state index is -3.48. The van der Waals surface area contributed by atoms with Gasteiger partial charge < -0.3 is 14.8 Å². The molecule has 1 N–H and O–H groups in total. The molecule has 162 valence electrons. The molecule has 3 aromatic rings. The van der Waals surface area contributed by atoms with Crippen LogP contribution in [0.3, 0.4) is 0 Å². The highest BCUT2D eigenvalue weighted by Gasteiger charge is 2.18. The smallest absolute Gasteiger partial charge is 0.262 e. The van der Waals surface area contributed by atoms with Crippen LogP contribution in [-0.4, -0.2) is 34.3 Å². The van der Waals surface area contributed by atoms with Crippen LogP contribution in [0.25, 0.3) is 0 Å². The largest absolute Gasteiger partial charge is 0.497 e. The van der Waals surface area contributed by atoms with Gasteiger partial charge in [0.05, 0.1) is 25.6 Å². The summed E-state index contributed by atoms with van der Waals surface area (Å²) < 4.78 is 36.5. The lowest BCUT2D eigenvalue weighted by atomic mass is 10.2. The summed E-state index contributed by atoms with van der Waals surface area (Å²) in [5.74, 6) is 0.775. The van der Waals surface area contributed by atoms with E-state index in [1.807, 2.05) is 30.3 Å². The quantitative estimate of drug-likeness (QED) is 0.549. The van der Waals surface area contributed by atoms with E-state index in [0.29, 0.717) is 22.9 Å². The second-order valence-electron chi connectivity index (χ2n) is 6.82. The standard InChI is InChI=1S/C23H24N2O5S/c1-29-22-10-6-9-19(15-22)24-23(26)17-30-21-13-11-20(12-14-21)25(31(2,27)28)16-18-7-4-3-5-8-18/h3-15H,16-17H2,1-2H3,(H,24,26). The summed E-state index contributed by atoms with van der Waals surface area (Å²) in [4.78, 5) is 12.1. The van der Waals surface area contributed by atoms with E-state index in [-0.39, 0.29) is 19.1 Å². The maximum Gasteiger partial charge on any atom is 0.262 e. The molecule has 3 aromatic carbocycles. The van der Waals surface area contributed by atoms with Gasteiger partial charge in [0, 0.05) is 11.8 Å². The van der Waals surface area contributed by atoms with Crippen LogP contribution in [0.1, 0.15) is 5.56 Å². The Kier molecular flexibility index (Phi) is 7.15. The Balaban J connectivity index is 1.62. The number of nitrogens with one attached hydrogen (secondary N) is 1. The minimum Gasteiger partial charge on any atom is -0.497 e. The van der Waals surface area contributed by atoms with E-state index in [4.69, 9.17) is 9.47 Å². The van der Waals surface area contributed by atoms with Gasteiger partial charge in [-0.3, -0.25) is 9.10 Å². The lowest BCUT2D eigenvalue weighted by Gasteiger charge is -2.22. The van der Waals surface area contributed by atoms with E-state index in [1.54, 1.807) is 55.6 Å². The molecule has 0 aliphatic heterocycles. The van der Waals surface area contributed by atoms with Crippen LogP contribution in [0, 0.1) is 0 Å². The van der Waals surface area contributed by atoms with Crippen molar-refractivity contribution in [1.82, 2.24) is 0 Å². The van der Waals surface area contributed by atoms with Gasteiger partial charge in [0.15, 0.2) is 6.61 Å². The molecule has 0 fully saturated rings. The number of amides is 1. The Hall–Kier alpha value is -3.52. The lowest BCUT2D eigenvalue weighted by molar-refractivity contribution is -0.118. The number of nitrogens with zero attached hydrogens (tertiary/aromatic N) is 1. The molecule has 0 radical (unpaired) electrons. The second kappa shape index (κ2) is 9.99. The average Bonchev–Trinajstić information content (AvgIpc) is 2.76. The van der Waals surface area contributed by atoms with E-state index in [1.165, 1.54) is 10.6 Å². The number of hydrogen-bond acceptors (Lipinski definition) is 5. The van der Waals surface area contributed by atoms with Crippen LogP contribution < -0.4 is 19.1 Å². The number of sulfonamides is 1. The SMILES string of the molecule is COc1cccc(NC(=O)COc2ccc(N(Cc3ccccc3)S(C)(=O)=O)cc2)c1. The van der Waals surface area contributed by atoms with Gasteiger partial charge in [-0.25, -0.2) is 8.42 Å². The Morgan fingerprint density at radius 3 is 2.29 bits per heavy atom. The van der Waals surface area contributed by atoms with E-state index in [0.717, 1.165) is 5.56 Å². The Labute approximate surface area is 182 Å². The molecular weight excluding hydrogens is 416 g/mol. The fourth-order valence-electron chi connectivity index (χ4n) is 2.90. The molecule has 0 bridgehead atoms. The summed E-state index contributed by atoms with van der Waals surface area (Å²) in [5.41, 5.74) is 2.00. The number of carbonyl (C=O) groups excluding carboxylic acids is 1. The topological polar surface area (TPSA) is 84.9 Å². The highest BCUT2D eigenvalue weighted by Crippen LogP contribution is 2.24. The summed E-state index contributed by atoms with van der Waals surface area (Å²) in [6, 6.07) is 22.9. The monoisotopic (exact) mass is 440 g/mol. The summed E-state index contributed by atoms with van der Waals surface area (Å²) in [7, 11) is -1.92. The number of hydrogen-bond donors (Lipinski definition) is 1. The highest BCUT2D eigenvalue weighted by molar-refractivity contribution is 7.92. The van der Waals surface area contributed by atoms with Gasteiger partial charge in [0.25, 0.3) is 5.91 Å². The first kappa shape index (κ1) is 22.2.